The molecule has 2 unspecified atom stereocenters. The second kappa shape index (κ2) is 9.32. The lowest BCUT2D eigenvalue weighted by Crippen LogP contribution is -2.71. The monoisotopic (exact) mass is 522 g/mol. The highest BCUT2D eigenvalue weighted by Gasteiger charge is 2.56. The molecule has 9 nitrogen and oxygen atoms in total. The second-order valence-electron chi connectivity index (χ2n) is 11.3. The maximum absolute atomic E-state index is 13.7. The molecule has 204 valence electrons. The molecule has 6 atom stereocenters. The first-order chi connectivity index (χ1) is 17.9. The molecule has 38 heavy (non-hydrogen) atoms. The zero-order valence-electron chi connectivity index (χ0n) is 23.2. The van der Waals surface area contributed by atoms with Crippen molar-refractivity contribution in [1.29, 1.82) is 0 Å². The van der Waals surface area contributed by atoms with Gasteiger partial charge in [-0.2, -0.15) is 0 Å². The molecule has 9 heteroatoms. The van der Waals surface area contributed by atoms with Gasteiger partial charge in [0.1, 0.15) is 0 Å². The Hall–Kier alpha value is -3.01. The van der Waals surface area contributed by atoms with Gasteiger partial charge in [0, 0.05) is 52.5 Å². The number of piperazine rings is 1. The van der Waals surface area contributed by atoms with E-state index in [1.54, 1.807) is 27.9 Å². The summed E-state index contributed by atoms with van der Waals surface area (Å²) in [5.74, 6) is 0.0340. The van der Waals surface area contributed by atoms with Gasteiger partial charge in [0.2, 0.25) is 5.91 Å². The minimum absolute atomic E-state index is 0.0143. The van der Waals surface area contributed by atoms with Crippen LogP contribution < -0.4 is 15.8 Å². The molecule has 2 bridgehead atoms. The molecule has 0 aromatic heterocycles. The summed E-state index contributed by atoms with van der Waals surface area (Å²) in [6, 6.07) is 0.601. The number of methoxy groups -OCH3 is 1. The van der Waals surface area contributed by atoms with E-state index in [1.165, 1.54) is 0 Å². The van der Waals surface area contributed by atoms with Crippen molar-refractivity contribution in [1.82, 2.24) is 15.1 Å². The number of fused-ring (bicyclic) bond motifs is 6. The fraction of sp³-hybridized carbons (Fsp3) is 0.552. The number of hydrogen-bond acceptors (Lipinski definition) is 8. The Morgan fingerprint density at radius 2 is 1.84 bits per heavy atom. The normalized spacial score (nSPS) is 30.1. The summed E-state index contributed by atoms with van der Waals surface area (Å²) >= 11 is 0. The fourth-order valence-electron chi connectivity index (χ4n) is 7.28. The highest BCUT2D eigenvalue weighted by molar-refractivity contribution is 6.25. The molecule has 1 aliphatic carbocycles. The third kappa shape index (κ3) is 3.66. The summed E-state index contributed by atoms with van der Waals surface area (Å²) in [7, 11) is 3.62. The van der Waals surface area contributed by atoms with E-state index in [0.29, 0.717) is 34.5 Å². The highest BCUT2D eigenvalue weighted by atomic mass is 16.5. The van der Waals surface area contributed by atoms with Gasteiger partial charge < -0.3 is 20.9 Å². The van der Waals surface area contributed by atoms with Crippen molar-refractivity contribution in [3.05, 3.63) is 45.0 Å². The van der Waals surface area contributed by atoms with Gasteiger partial charge in [0.15, 0.2) is 23.1 Å². The minimum Gasteiger partial charge on any atom is -0.504 e. The lowest BCUT2D eigenvalue weighted by Gasteiger charge is -2.61. The molecule has 5 rings (SSSR count). The van der Waals surface area contributed by atoms with Crippen molar-refractivity contribution in [3.63, 3.8) is 0 Å². The van der Waals surface area contributed by atoms with Gasteiger partial charge >= 0.3 is 0 Å². The Morgan fingerprint density at radius 1 is 1.18 bits per heavy atom. The van der Waals surface area contributed by atoms with Gasteiger partial charge in [0.05, 0.1) is 25.2 Å². The fourth-order valence-corrected chi connectivity index (χ4v) is 7.28. The first kappa shape index (κ1) is 26.6. The number of Topliss-reactive ketones (excluding diaryl/α,β-unsaturated/α-hetero) is 2. The Bertz CT molecular complexity index is 1310. The molecule has 1 fully saturated rings. The number of likely N-dealkylation sites (N-methyl/N-ethyl adjacent to an activating group) is 1. The van der Waals surface area contributed by atoms with E-state index in [4.69, 9.17) is 10.5 Å². The molecule has 1 aromatic rings. The second-order valence-corrected chi connectivity index (χ2v) is 11.3. The molecule has 1 saturated heterocycles. The van der Waals surface area contributed by atoms with Crippen LogP contribution in [0.1, 0.15) is 56.8 Å². The van der Waals surface area contributed by atoms with Crippen LogP contribution in [-0.4, -0.2) is 83.3 Å². The van der Waals surface area contributed by atoms with E-state index in [-0.39, 0.29) is 53.9 Å². The van der Waals surface area contributed by atoms with Crippen LogP contribution in [0.25, 0.3) is 0 Å². The predicted octanol–water partition coefficient (Wildman–Crippen LogP) is 1.70. The summed E-state index contributed by atoms with van der Waals surface area (Å²) in [5.41, 5.74) is 10.5. The number of ether oxygens (including phenoxy) is 1. The number of nitrogens with zero attached hydrogens (tertiary/aromatic N) is 2. The van der Waals surface area contributed by atoms with Crippen LogP contribution in [0.4, 0.5) is 0 Å². The van der Waals surface area contributed by atoms with Gasteiger partial charge in [0.25, 0.3) is 0 Å². The van der Waals surface area contributed by atoms with Crippen molar-refractivity contribution in [2.45, 2.75) is 83.7 Å². The number of carbonyl (C=O) groups excluding carboxylic acids is 3. The van der Waals surface area contributed by atoms with Crippen LogP contribution in [0.15, 0.2) is 28.4 Å². The highest BCUT2D eigenvalue weighted by Crippen LogP contribution is 2.53. The van der Waals surface area contributed by atoms with E-state index in [0.717, 1.165) is 23.1 Å². The summed E-state index contributed by atoms with van der Waals surface area (Å²) in [6.45, 7) is 9.29. The molecule has 0 spiro atoms. The lowest BCUT2D eigenvalue weighted by molar-refractivity contribution is -0.124. The molecule has 4 aliphatic rings. The number of aryl methyl sites for hydroxylation is 1. The number of benzene rings is 1. The summed E-state index contributed by atoms with van der Waals surface area (Å²) in [4.78, 5) is 44.4. The number of aromatic hydroxyl groups is 1. The maximum Gasteiger partial charge on any atom is 0.236 e. The number of hydrogen-bond donors (Lipinski definition) is 3. The SMILES string of the molecule is COc1c(C)cc2c(c1O)C1[C@@H]3CC4=C(C(=O)C(C)=C(C)C4=O)[C@H](CNC(=O)[C@H](C)N)N3[C@@H](C)C(C2)N1C. The maximum atomic E-state index is 13.7. The summed E-state index contributed by atoms with van der Waals surface area (Å²) < 4.78 is 5.57. The van der Waals surface area contributed by atoms with Crippen LogP contribution in [0, 0.1) is 6.92 Å². The largest absolute Gasteiger partial charge is 0.504 e. The Balaban J connectivity index is 1.69. The van der Waals surface area contributed by atoms with Crippen LogP contribution in [0.2, 0.25) is 0 Å². The third-order valence-corrected chi connectivity index (χ3v) is 9.31. The number of carbonyl (C=O) groups is 3. The van der Waals surface area contributed by atoms with Gasteiger partial charge in [-0.25, -0.2) is 0 Å². The van der Waals surface area contributed by atoms with Gasteiger partial charge in [-0.05, 0) is 65.6 Å². The van der Waals surface area contributed by atoms with E-state index in [1.807, 2.05) is 6.92 Å². The molecule has 0 saturated carbocycles. The topological polar surface area (TPSA) is 125 Å². The number of phenolic OH excluding ortho intramolecular Hbond substituents is 1. The first-order valence-corrected chi connectivity index (χ1v) is 13.3. The van der Waals surface area contributed by atoms with Crippen molar-refractivity contribution in [2.75, 3.05) is 20.7 Å². The van der Waals surface area contributed by atoms with Gasteiger partial charge in [-0.1, -0.05) is 6.07 Å². The van der Waals surface area contributed by atoms with Crippen molar-refractivity contribution >= 4 is 17.5 Å². The molecule has 0 radical (unpaired) electrons. The smallest absolute Gasteiger partial charge is 0.236 e. The molecule has 1 aromatic carbocycles. The van der Waals surface area contributed by atoms with Crippen LogP contribution >= 0.6 is 0 Å². The molecular formula is C29H38N4O5. The van der Waals surface area contributed by atoms with Crippen molar-refractivity contribution in [3.8, 4) is 11.5 Å². The van der Waals surface area contributed by atoms with E-state index in [2.05, 4.69) is 35.2 Å². The minimum atomic E-state index is -0.695. The van der Waals surface area contributed by atoms with E-state index in [9.17, 15) is 19.5 Å². The Kier molecular flexibility index (Phi) is 6.52. The molecule has 3 aliphatic heterocycles. The molecule has 3 heterocycles. The summed E-state index contributed by atoms with van der Waals surface area (Å²) in [5, 5.41) is 14.4. The quantitative estimate of drug-likeness (QED) is 0.511. The van der Waals surface area contributed by atoms with Gasteiger partial charge in [-0.15, -0.1) is 0 Å². The van der Waals surface area contributed by atoms with Crippen LogP contribution in [0.5, 0.6) is 11.5 Å². The number of rotatable bonds is 4. The molecular weight excluding hydrogens is 484 g/mol. The van der Waals surface area contributed by atoms with Crippen molar-refractivity contribution < 1.29 is 24.2 Å². The zero-order chi connectivity index (χ0) is 27.8. The number of ketones is 2. The molecule has 4 N–H and O–H groups in total. The number of nitrogens with two attached hydrogens (primary N) is 1. The van der Waals surface area contributed by atoms with E-state index >= 15 is 0 Å². The number of allylic oxidation sites excluding steroid dienone is 2. The van der Waals surface area contributed by atoms with Gasteiger partial charge in [-0.3, -0.25) is 24.2 Å². The Labute approximate surface area is 223 Å². The lowest BCUT2D eigenvalue weighted by atomic mass is 9.69. The standard InChI is InChI=1S/C29H38N4O5/c1-12-8-17-9-19-16(5)33-20(24(32(19)6)22(17)27(36)28(12)38-7)10-18-23(21(33)11-31-29(37)15(4)30)26(35)14(3)13(2)25(18)34/h8,15-16,19-21,24,36H,9-11,30H2,1-7H3,(H,31,37)/t15-,16-,19?,20-,21-,24?/m0/s1. The summed E-state index contributed by atoms with van der Waals surface area (Å²) in [6.07, 6.45) is 1.10. The number of phenols is 1. The average molecular weight is 523 g/mol. The first-order valence-electron chi connectivity index (χ1n) is 13.3. The Morgan fingerprint density at radius 3 is 2.47 bits per heavy atom. The van der Waals surface area contributed by atoms with E-state index < -0.39 is 12.1 Å². The van der Waals surface area contributed by atoms with Crippen LogP contribution in [-0.2, 0) is 20.8 Å². The van der Waals surface area contributed by atoms with Crippen molar-refractivity contribution in [2.24, 2.45) is 5.73 Å². The van der Waals surface area contributed by atoms with Crippen LogP contribution in [0.3, 0.4) is 0 Å². The number of nitrogens with one attached hydrogen (secondary N) is 1. The average Bonchev–Trinajstić information content (AvgIpc) is 2.87. The third-order valence-electron chi connectivity index (χ3n) is 9.31. The zero-order valence-corrected chi connectivity index (χ0v) is 23.2. The molecule has 1 amide bonds. The predicted molar refractivity (Wildman–Crippen MR) is 143 cm³/mol. The number of amides is 1.